The molecule has 0 aliphatic carbocycles. The predicted octanol–water partition coefficient (Wildman–Crippen LogP) is 4.90. The van der Waals surface area contributed by atoms with Crippen LogP contribution in [0.4, 0.5) is 11.4 Å². The Bertz CT molecular complexity index is 1260. The highest BCUT2D eigenvalue weighted by Gasteiger charge is 2.52. The molecule has 0 saturated heterocycles. The van der Waals surface area contributed by atoms with Crippen molar-refractivity contribution < 1.29 is 19.8 Å². The molecule has 1 aliphatic heterocycles. The molecule has 3 N–H and O–H groups in total. The Morgan fingerprint density at radius 2 is 1.89 bits per heavy atom. The lowest BCUT2D eigenvalue weighted by Gasteiger charge is -2.27. The quantitative estimate of drug-likeness (QED) is 0.392. The fraction of sp³-hybridized carbons (Fsp3) is 0.214. The van der Waals surface area contributed by atoms with Crippen molar-refractivity contribution in [2.45, 2.75) is 25.5 Å². The van der Waals surface area contributed by atoms with Gasteiger partial charge in [-0.05, 0) is 54.4 Å². The molecule has 1 aliphatic rings. The van der Waals surface area contributed by atoms with Gasteiger partial charge in [0.05, 0.1) is 12.2 Å². The molecule has 0 saturated carbocycles. The highest BCUT2D eigenvalue weighted by Crippen LogP contribution is 2.46. The molecule has 6 nitrogen and oxygen atoms in total. The monoisotopic (exact) mass is 490 g/mol. The van der Waals surface area contributed by atoms with E-state index in [0.717, 1.165) is 5.56 Å². The summed E-state index contributed by atoms with van der Waals surface area (Å²) in [5.74, 6) is -1.22. The lowest BCUT2D eigenvalue weighted by Crippen LogP contribution is -2.44. The van der Waals surface area contributed by atoms with E-state index in [-0.39, 0.29) is 19.1 Å². The number of benzene rings is 3. The molecular formula is C28H27ClN2O4. The maximum absolute atomic E-state index is 13.6. The van der Waals surface area contributed by atoms with Crippen LogP contribution >= 0.6 is 11.6 Å². The van der Waals surface area contributed by atoms with Crippen LogP contribution in [0.15, 0.2) is 84.9 Å². The second-order valence-electron chi connectivity index (χ2n) is 8.57. The number of nitrogens with one attached hydrogen (secondary N) is 1. The van der Waals surface area contributed by atoms with Crippen molar-refractivity contribution in [3.8, 4) is 0 Å². The molecule has 3 aromatic rings. The van der Waals surface area contributed by atoms with Crippen LogP contribution in [0.1, 0.15) is 34.8 Å². The summed E-state index contributed by atoms with van der Waals surface area (Å²) in [5.41, 5.74) is 1.19. The molecule has 2 atom stereocenters. The summed E-state index contributed by atoms with van der Waals surface area (Å²) >= 11 is 6.23. The summed E-state index contributed by atoms with van der Waals surface area (Å²) in [5, 5.41) is 24.0. The summed E-state index contributed by atoms with van der Waals surface area (Å²) in [6.07, 6.45) is 3.92. The molecule has 0 spiro atoms. The number of anilines is 2. The van der Waals surface area contributed by atoms with Gasteiger partial charge in [0.1, 0.15) is 0 Å². The van der Waals surface area contributed by atoms with E-state index in [1.54, 1.807) is 72.5 Å². The Morgan fingerprint density at radius 3 is 2.63 bits per heavy atom. The summed E-state index contributed by atoms with van der Waals surface area (Å²) in [4.78, 5) is 27.7. The topological polar surface area (TPSA) is 89.9 Å². The average molecular weight is 491 g/mol. The minimum absolute atomic E-state index is 0.0126. The van der Waals surface area contributed by atoms with Crippen LogP contribution in [-0.2, 0) is 16.9 Å². The van der Waals surface area contributed by atoms with Crippen LogP contribution in [0.3, 0.4) is 0 Å². The molecule has 35 heavy (non-hydrogen) atoms. The van der Waals surface area contributed by atoms with Gasteiger partial charge in [-0.3, -0.25) is 9.59 Å². The standard InChI is InChI=1S/C28H27ClN2O4/c1-19(8-5-6-15-32)28(35)24-17-22(29)13-14-25(24)31(27(28)34)18-20-9-7-12-23(16-20)30-26(33)21-10-3-2-4-11-21/h2-5,7-14,16-17,19,32,35H,6,15,18H2,1H3,(H,30,33)/b8-5+/t19-,28+/m1/s1. The van der Waals surface area contributed by atoms with Crippen molar-refractivity contribution in [2.75, 3.05) is 16.8 Å². The van der Waals surface area contributed by atoms with Gasteiger partial charge in [-0.15, -0.1) is 0 Å². The van der Waals surface area contributed by atoms with E-state index >= 15 is 0 Å². The van der Waals surface area contributed by atoms with Crippen molar-refractivity contribution in [3.05, 3.63) is 107 Å². The van der Waals surface area contributed by atoms with Gasteiger partial charge < -0.3 is 20.4 Å². The number of aliphatic hydroxyl groups excluding tert-OH is 1. The van der Waals surface area contributed by atoms with E-state index in [1.807, 2.05) is 24.3 Å². The number of aliphatic hydroxyl groups is 2. The highest BCUT2D eigenvalue weighted by atomic mass is 35.5. The van der Waals surface area contributed by atoms with Gasteiger partial charge in [-0.1, -0.05) is 61.0 Å². The van der Waals surface area contributed by atoms with E-state index < -0.39 is 17.4 Å². The summed E-state index contributed by atoms with van der Waals surface area (Å²) < 4.78 is 0. The number of hydrogen-bond donors (Lipinski definition) is 3. The zero-order chi connectivity index (χ0) is 25.0. The fourth-order valence-corrected chi connectivity index (χ4v) is 4.49. The maximum Gasteiger partial charge on any atom is 0.264 e. The minimum Gasteiger partial charge on any atom is -0.396 e. The van der Waals surface area contributed by atoms with E-state index in [4.69, 9.17) is 16.7 Å². The smallest absolute Gasteiger partial charge is 0.264 e. The Labute approximate surface area is 209 Å². The number of fused-ring (bicyclic) bond motifs is 1. The number of carbonyl (C=O) groups is 2. The van der Waals surface area contributed by atoms with Crippen molar-refractivity contribution in [1.82, 2.24) is 0 Å². The normalized spacial score (nSPS) is 18.1. The molecule has 0 radical (unpaired) electrons. The van der Waals surface area contributed by atoms with Crippen LogP contribution in [0.2, 0.25) is 5.02 Å². The van der Waals surface area contributed by atoms with Crippen molar-refractivity contribution in [2.24, 2.45) is 5.92 Å². The number of rotatable bonds is 8. The molecule has 0 fully saturated rings. The molecule has 2 amide bonds. The van der Waals surface area contributed by atoms with Gasteiger partial charge in [0.15, 0.2) is 5.60 Å². The molecule has 4 rings (SSSR count). The van der Waals surface area contributed by atoms with E-state index in [2.05, 4.69) is 5.32 Å². The van der Waals surface area contributed by atoms with Gasteiger partial charge in [-0.2, -0.15) is 0 Å². The summed E-state index contributed by atoms with van der Waals surface area (Å²) in [6.45, 7) is 1.96. The maximum atomic E-state index is 13.6. The summed E-state index contributed by atoms with van der Waals surface area (Å²) in [6, 6.07) is 21.2. The van der Waals surface area contributed by atoms with Crippen LogP contribution in [0.5, 0.6) is 0 Å². The van der Waals surface area contributed by atoms with E-state index in [9.17, 15) is 14.7 Å². The first kappa shape index (κ1) is 24.7. The zero-order valence-corrected chi connectivity index (χ0v) is 20.1. The van der Waals surface area contributed by atoms with Gasteiger partial charge in [0, 0.05) is 34.4 Å². The Balaban J connectivity index is 1.61. The Morgan fingerprint density at radius 1 is 1.11 bits per heavy atom. The third kappa shape index (κ3) is 5.00. The second kappa shape index (κ2) is 10.4. The molecule has 0 aromatic heterocycles. The zero-order valence-electron chi connectivity index (χ0n) is 19.3. The summed E-state index contributed by atoms with van der Waals surface area (Å²) in [7, 11) is 0. The Hall–Kier alpha value is -3.45. The first-order valence-electron chi connectivity index (χ1n) is 11.4. The van der Waals surface area contributed by atoms with Gasteiger partial charge in [0.2, 0.25) is 0 Å². The minimum atomic E-state index is -1.79. The predicted molar refractivity (Wildman–Crippen MR) is 137 cm³/mol. The molecular weight excluding hydrogens is 464 g/mol. The molecule has 7 heteroatoms. The van der Waals surface area contributed by atoms with Crippen LogP contribution < -0.4 is 10.2 Å². The number of carbonyl (C=O) groups excluding carboxylic acids is 2. The first-order chi connectivity index (χ1) is 16.8. The number of hydrogen-bond acceptors (Lipinski definition) is 4. The molecule has 1 heterocycles. The lowest BCUT2D eigenvalue weighted by atomic mass is 9.83. The van der Waals surface area contributed by atoms with Crippen LogP contribution in [-0.4, -0.2) is 28.6 Å². The Kier molecular flexibility index (Phi) is 7.36. The third-order valence-corrected chi connectivity index (χ3v) is 6.41. The molecule has 0 unspecified atom stereocenters. The van der Waals surface area contributed by atoms with E-state index in [1.165, 1.54) is 0 Å². The number of nitrogens with zero attached hydrogens (tertiary/aromatic N) is 1. The second-order valence-corrected chi connectivity index (χ2v) is 9.01. The van der Waals surface area contributed by atoms with Gasteiger partial charge >= 0.3 is 0 Å². The van der Waals surface area contributed by atoms with Gasteiger partial charge in [0.25, 0.3) is 11.8 Å². The van der Waals surface area contributed by atoms with Crippen LogP contribution in [0.25, 0.3) is 0 Å². The SMILES string of the molecule is C[C@H](/C=C/CCO)[C@@]1(O)C(=O)N(Cc2cccc(NC(=O)c3ccccc3)c2)c2ccc(Cl)cc21. The van der Waals surface area contributed by atoms with Crippen LogP contribution in [0, 0.1) is 5.92 Å². The van der Waals surface area contributed by atoms with Crippen molar-refractivity contribution in [1.29, 1.82) is 0 Å². The van der Waals surface area contributed by atoms with E-state index in [0.29, 0.717) is 33.9 Å². The number of halogens is 1. The first-order valence-corrected chi connectivity index (χ1v) is 11.8. The number of amides is 2. The van der Waals surface area contributed by atoms with Crippen molar-refractivity contribution in [3.63, 3.8) is 0 Å². The van der Waals surface area contributed by atoms with Gasteiger partial charge in [-0.25, -0.2) is 0 Å². The molecule has 3 aromatic carbocycles. The lowest BCUT2D eigenvalue weighted by molar-refractivity contribution is -0.139. The largest absolute Gasteiger partial charge is 0.396 e. The third-order valence-electron chi connectivity index (χ3n) is 6.17. The molecule has 0 bridgehead atoms. The average Bonchev–Trinajstić information content (AvgIpc) is 3.07. The molecule has 180 valence electrons. The fourth-order valence-electron chi connectivity index (χ4n) is 4.31. The van der Waals surface area contributed by atoms with Crippen molar-refractivity contribution >= 4 is 34.8 Å². The highest BCUT2D eigenvalue weighted by molar-refractivity contribution is 6.31.